The Hall–Kier alpha value is -3.82. The molecular weight excluding hydrogens is 450 g/mol. The van der Waals surface area contributed by atoms with Gasteiger partial charge in [0.05, 0.1) is 16.1 Å². The maximum atomic E-state index is 12.6. The van der Waals surface area contributed by atoms with Gasteiger partial charge in [0, 0.05) is 35.9 Å². The van der Waals surface area contributed by atoms with Crippen molar-refractivity contribution in [2.75, 3.05) is 10.0 Å². The van der Waals surface area contributed by atoms with Crippen LogP contribution >= 0.6 is 11.6 Å². The molecule has 0 aliphatic carbocycles. The minimum atomic E-state index is -3.85. The fourth-order valence-electron chi connectivity index (χ4n) is 2.83. The number of carbonyl (C=O) groups is 1. The highest BCUT2D eigenvalue weighted by Gasteiger charge is 2.17. The van der Waals surface area contributed by atoms with Gasteiger partial charge in [-0.3, -0.25) is 14.5 Å². The lowest BCUT2D eigenvalue weighted by atomic mass is 10.1. The van der Waals surface area contributed by atoms with Crippen molar-refractivity contribution in [1.29, 1.82) is 0 Å². The quantitative estimate of drug-likeness (QED) is 0.411. The molecule has 32 heavy (non-hydrogen) atoms. The van der Waals surface area contributed by atoms with E-state index in [0.717, 1.165) is 0 Å². The van der Waals surface area contributed by atoms with Crippen LogP contribution < -0.4 is 10.0 Å². The Morgan fingerprint density at radius 3 is 2.38 bits per heavy atom. The number of benzene rings is 1. The number of hydrogen-bond donors (Lipinski definition) is 2. The number of halogens is 1. The fraction of sp³-hybridized carbons (Fsp3) is 0. The standard InChI is InChI=1S/C22H16ClN5O3S/c23-21-19(28-32(30,31)18-6-2-1-3-7-18)11-16(14-26-21)15-10-17(13-24-12-15)22(29)27-20-8-4-5-9-25-20/h1-14,28H,(H,25,27,29). The van der Waals surface area contributed by atoms with Crippen LogP contribution in [0.2, 0.25) is 5.15 Å². The van der Waals surface area contributed by atoms with Gasteiger partial charge in [-0.05, 0) is 36.4 Å². The number of rotatable bonds is 6. The van der Waals surface area contributed by atoms with E-state index in [0.29, 0.717) is 22.5 Å². The molecule has 0 fully saturated rings. The largest absolute Gasteiger partial charge is 0.307 e. The molecule has 0 aliphatic rings. The van der Waals surface area contributed by atoms with Gasteiger partial charge in [0.2, 0.25) is 0 Å². The first-order valence-electron chi connectivity index (χ1n) is 9.33. The van der Waals surface area contributed by atoms with Crippen molar-refractivity contribution >= 4 is 39.0 Å². The lowest BCUT2D eigenvalue weighted by Gasteiger charge is -2.11. The van der Waals surface area contributed by atoms with Crippen molar-refractivity contribution in [2.24, 2.45) is 0 Å². The highest BCUT2D eigenvalue weighted by molar-refractivity contribution is 7.92. The topological polar surface area (TPSA) is 114 Å². The fourth-order valence-corrected chi connectivity index (χ4v) is 4.11. The predicted molar refractivity (Wildman–Crippen MR) is 122 cm³/mol. The Morgan fingerprint density at radius 2 is 1.62 bits per heavy atom. The number of anilines is 2. The number of carbonyl (C=O) groups excluding carboxylic acids is 1. The molecule has 3 heterocycles. The van der Waals surface area contributed by atoms with Crippen LogP contribution in [0.25, 0.3) is 11.1 Å². The third-order valence-electron chi connectivity index (χ3n) is 4.38. The van der Waals surface area contributed by atoms with Crippen molar-refractivity contribution in [1.82, 2.24) is 15.0 Å². The summed E-state index contributed by atoms with van der Waals surface area (Å²) < 4.78 is 27.8. The molecule has 1 aromatic carbocycles. The van der Waals surface area contributed by atoms with Crippen LogP contribution in [0.4, 0.5) is 11.5 Å². The lowest BCUT2D eigenvalue weighted by Crippen LogP contribution is -2.14. The van der Waals surface area contributed by atoms with Crippen LogP contribution in [0.5, 0.6) is 0 Å². The lowest BCUT2D eigenvalue weighted by molar-refractivity contribution is 0.102. The normalized spacial score (nSPS) is 11.0. The summed E-state index contributed by atoms with van der Waals surface area (Å²) in [5.41, 5.74) is 1.49. The Morgan fingerprint density at radius 1 is 0.875 bits per heavy atom. The molecule has 0 saturated carbocycles. The van der Waals surface area contributed by atoms with Crippen LogP contribution in [-0.4, -0.2) is 29.3 Å². The van der Waals surface area contributed by atoms with Crippen LogP contribution in [-0.2, 0) is 10.0 Å². The van der Waals surface area contributed by atoms with Crippen molar-refractivity contribution in [3.63, 3.8) is 0 Å². The Balaban J connectivity index is 1.61. The van der Waals surface area contributed by atoms with Crippen LogP contribution in [0, 0.1) is 0 Å². The van der Waals surface area contributed by atoms with Crippen LogP contribution in [0.3, 0.4) is 0 Å². The molecular formula is C22H16ClN5O3S. The molecule has 0 atom stereocenters. The van der Waals surface area contributed by atoms with Gasteiger partial charge >= 0.3 is 0 Å². The number of amides is 1. The molecule has 0 bridgehead atoms. The van der Waals surface area contributed by atoms with Crippen LogP contribution in [0.15, 0.2) is 90.3 Å². The Kier molecular flexibility index (Phi) is 6.11. The Bertz CT molecular complexity index is 1370. The van der Waals surface area contributed by atoms with Gasteiger partial charge in [-0.1, -0.05) is 35.9 Å². The van der Waals surface area contributed by atoms with Crippen LogP contribution in [0.1, 0.15) is 10.4 Å². The van der Waals surface area contributed by atoms with Crippen molar-refractivity contribution in [3.8, 4) is 11.1 Å². The first-order chi connectivity index (χ1) is 15.4. The molecule has 0 spiro atoms. The molecule has 4 aromatic rings. The van der Waals surface area contributed by atoms with E-state index in [9.17, 15) is 13.2 Å². The molecule has 0 unspecified atom stereocenters. The molecule has 3 aromatic heterocycles. The molecule has 8 nitrogen and oxygen atoms in total. The van der Waals surface area contributed by atoms with Crippen molar-refractivity contribution in [2.45, 2.75) is 4.90 Å². The molecule has 160 valence electrons. The first kappa shape index (κ1) is 21.4. The monoisotopic (exact) mass is 465 g/mol. The molecule has 0 aliphatic heterocycles. The maximum absolute atomic E-state index is 12.6. The van der Waals surface area contributed by atoms with Gasteiger partial charge in [0.1, 0.15) is 5.82 Å². The summed E-state index contributed by atoms with van der Waals surface area (Å²) >= 11 is 6.12. The summed E-state index contributed by atoms with van der Waals surface area (Å²) in [4.78, 5) is 24.9. The average molecular weight is 466 g/mol. The third-order valence-corrected chi connectivity index (χ3v) is 6.06. The number of aromatic nitrogens is 3. The van der Waals surface area contributed by atoms with E-state index >= 15 is 0 Å². The van der Waals surface area contributed by atoms with Gasteiger partial charge in [-0.25, -0.2) is 18.4 Å². The Labute approximate surface area is 189 Å². The van der Waals surface area contributed by atoms with Gasteiger partial charge < -0.3 is 5.32 Å². The van der Waals surface area contributed by atoms with E-state index in [4.69, 9.17) is 11.6 Å². The zero-order valence-corrected chi connectivity index (χ0v) is 18.0. The third kappa shape index (κ3) is 4.90. The summed E-state index contributed by atoms with van der Waals surface area (Å²) in [5, 5.41) is 2.68. The molecule has 2 N–H and O–H groups in total. The van der Waals surface area contributed by atoms with E-state index in [2.05, 4.69) is 25.0 Å². The zero-order chi connectivity index (χ0) is 22.6. The highest BCUT2D eigenvalue weighted by atomic mass is 35.5. The van der Waals surface area contributed by atoms with Crippen molar-refractivity contribution < 1.29 is 13.2 Å². The summed E-state index contributed by atoms with van der Waals surface area (Å²) in [7, 11) is -3.85. The average Bonchev–Trinajstić information content (AvgIpc) is 2.82. The summed E-state index contributed by atoms with van der Waals surface area (Å²) in [5.74, 6) is 0.0265. The molecule has 1 amide bonds. The van der Waals surface area contributed by atoms with E-state index < -0.39 is 10.0 Å². The second-order valence-corrected chi connectivity index (χ2v) is 8.65. The zero-order valence-electron chi connectivity index (χ0n) is 16.4. The second-order valence-electron chi connectivity index (χ2n) is 6.61. The van der Waals surface area contributed by atoms with E-state index in [-0.39, 0.29) is 21.6 Å². The summed E-state index contributed by atoms with van der Waals surface area (Å²) in [6.07, 6.45) is 6.00. The number of pyridine rings is 3. The molecule has 0 saturated heterocycles. The summed E-state index contributed by atoms with van der Waals surface area (Å²) in [6.45, 7) is 0. The SMILES string of the molecule is O=C(Nc1ccccn1)c1cncc(-c2cnc(Cl)c(NS(=O)(=O)c3ccccc3)c2)c1. The predicted octanol–water partition coefficient (Wildman–Crippen LogP) is 4.25. The minimum Gasteiger partial charge on any atom is -0.307 e. The van der Waals surface area contributed by atoms with E-state index in [1.54, 1.807) is 48.7 Å². The molecule has 4 rings (SSSR count). The van der Waals surface area contributed by atoms with Gasteiger partial charge in [-0.2, -0.15) is 0 Å². The number of sulfonamides is 1. The smallest absolute Gasteiger partial charge is 0.261 e. The van der Waals surface area contributed by atoms with Gasteiger partial charge in [0.15, 0.2) is 5.15 Å². The maximum Gasteiger partial charge on any atom is 0.261 e. The molecule has 10 heteroatoms. The number of nitrogens with one attached hydrogen (secondary N) is 2. The molecule has 0 radical (unpaired) electrons. The van der Waals surface area contributed by atoms with Gasteiger partial charge in [0.25, 0.3) is 15.9 Å². The van der Waals surface area contributed by atoms with E-state index in [1.807, 2.05) is 0 Å². The number of hydrogen-bond acceptors (Lipinski definition) is 6. The summed E-state index contributed by atoms with van der Waals surface area (Å²) in [6, 6.07) is 16.2. The second kappa shape index (κ2) is 9.13. The highest BCUT2D eigenvalue weighted by Crippen LogP contribution is 2.28. The van der Waals surface area contributed by atoms with E-state index in [1.165, 1.54) is 36.8 Å². The minimum absolute atomic E-state index is 0.00901. The van der Waals surface area contributed by atoms with Gasteiger partial charge in [-0.15, -0.1) is 0 Å². The first-order valence-corrected chi connectivity index (χ1v) is 11.2. The number of nitrogens with zero attached hydrogens (tertiary/aromatic N) is 3. The van der Waals surface area contributed by atoms with Crippen molar-refractivity contribution in [3.05, 3.63) is 96.2 Å².